The lowest BCUT2D eigenvalue weighted by atomic mass is 9.90. The van der Waals surface area contributed by atoms with Crippen LogP contribution in [0.1, 0.15) is 13.3 Å². The van der Waals surface area contributed by atoms with E-state index in [0.29, 0.717) is 0 Å². The van der Waals surface area contributed by atoms with Crippen molar-refractivity contribution in [2.75, 3.05) is 31.3 Å². The molecule has 0 amide bonds. The van der Waals surface area contributed by atoms with Crippen molar-refractivity contribution in [2.24, 2.45) is 5.41 Å². The Labute approximate surface area is 122 Å². The van der Waals surface area contributed by atoms with Gasteiger partial charge in [0.05, 0.1) is 6.61 Å². The van der Waals surface area contributed by atoms with Crippen molar-refractivity contribution < 1.29 is 4.74 Å². The number of nitrogens with zero attached hydrogens (tertiary/aromatic N) is 3. The van der Waals surface area contributed by atoms with E-state index >= 15 is 0 Å². The van der Waals surface area contributed by atoms with Gasteiger partial charge in [0, 0.05) is 36.3 Å². The SMILES string of the molecule is CSc1ncc2ccnc(NCC3(C)CCOC3)c2n1. The number of thioether (sulfide) groups is 1. The highest BCUT2D eigenvalue weighted by molar-refractivity contribution is 7.98. The average molecular weight is 290 g/mol. The fraction of sp³-hybridized carbons (Fsp3) is 0.500. The molecule has 3 rings (SSSR count). The number of pyridine rings is 1. The molecule has 3 heterocycles. The molecule has 2 aromatic heterocycles. The van der Waals surface area contributed by atoms with Gasteiger partial charge < -0.3 is 10.1 Å². The van der Waals surface area contributed by atoms with Crippen molar-refractivity contribution in [1.82, 2.24) is 15.0 Å². The van der Waals surface area contributed by atoms with Gasteiger partial charge in [-0.15, -0.1) is 0 Å². The second-order valence-electron chi connectivity index (χ2n) is 5.42. The zero-order chi connectivity index (χ0) is 14.0. The smallest absolute Gasteiger partial charge is 0.187 e. The van der Waals surface area contributed by atoms with Crippen molar-refractivity contribution in [3.63, 3.8) is 0 Å². The maximum absolute atomic E-state index is 5.48. The monoisotopic (exact) mass is 290 g/mol. The van der Waals surface area contributed by atoms with E-state index in [1.807, 2.05) is 18.5 Å². The minimum absolute atomic E-state index is 0.180. The van der Waals surface area contributed by atoms with Gasteiger partial charge in [-0.3, -0.25) is 0 Å². The zero-order valence-corrected chi connectivity index (χ0v) is 12.5. The molecule has 0 aliphatic carbocycles. The van der Waals surface area contributed by atoms with Gasteiger partial charge in [0.2, 0.25) is 0 Å². The lowest BCUT2D eigenvalue weighted by Gasteiger charge is -2.22. The molecule has 106 valence electrons. The van der Waals surface area contributed by atoms with E-state index in [1.165, 1.54) is 11.8 Å². The summed E-state index contributed by atoms with van der Waals surface area (Å²) in [7, 11) is 0. The van der Waals surface area contributed by atoms with Gasteiger partial charge in [-0.05, 0) is 18.7 Å². The minimum atomic E-state index is 0.180. The summed E-state index contributed by atoms with van der Waals surface area (Å²) in [6.07, 6.45) is 6.69. The van der Waals surface area contributed by atoms with Crippen molar-refractivity contribution in [3.05, 3.63) is 18.5 Å². The van der Waals surface area contributed by atoms with Gasteiger partial charge in [-0.25, -0.2) is 15.0 Å². The Morgan fingerprint density at radius 1 is 1.45 bits per heavy atom. The van der Waals surface area contributed by atoms with Crippen LogP contribution in [0.3, 0.4) is 0 Å². The number of nitrogens with one attached hydrogen (secondary N) is 1. The summed E-state index contributed by atoms with van der Waals surface area (Å²) >= 11 is 1.54. The topological polar surface area (TPSA) is 59.9 Å². The summed E-state index contributed by atoms with van der Waals surface area (Å²) in [5.41, 5.74) is 1.06. The molecule has 5 nitrogen and oxygen atoms in total. The van der Waals surface area contributed by atoms with Crippen molar-refractivity contribution in [3.8, 4) is 0 Å². The predicted octanol–water partition coefficient (Wildman–Crippen LogP) is 2.59. The molecule has 0 bridgehead atoms. The van der Waals surface area contributed by atoms with Gasteiger partial charge in [0.25, 0.3) is 0 Å². The number of ether oxygens (including phenoxy) is 1. The van der Waals surface area contributed by atoms with Crippen LogP contribution in [0.25, 0.3) is 10.9 Å². The quantitative estimate of drug-likeness (QED) is 0.690. The second kappa shape index (κ2) is 5.54. The minimum Gasteiger partial charge on any atom is -0.381 e. The number of anilines is 1. The third-order valence-corrected chi connectivity index (χ3v) is 4.20. The summed E-state index contributed by atoms with van der Waals surface area (Å²) in [5, 5.41) is 5.21. The molecule has 2 aromatic rings. The normalized spacial score (nSPS) is 22.3. The van der Waals surface area contributed by atoms with E-state index in [4.69, 9.17) is 4.74 Å². The fourth-order valence-corrected chi connectivity index (χ4v) is 2.65. The highest BCUT2D eigenvalue weighted by atomic mass is 32.2. The summed E-state index contributed by atoms with van der Waals surface area (Å²) in [6, 6.07) is 1.94. The summed E-state index contributed by atoms with van der Waals surface area (Å²) in [6.45, 7) is 4.73. The van der Waals surface area contributed by atoms with Gasteiger partial charge in [0.1, 0.15) is 5.52 Å². The molecule has 1 aliphatic rings. The third-order valence-electron chi connectivity index (χ3n) is 3.64. The molecule has 6 heteroatoms. The first-order valence-corrected chi connectivity index (χ1v) is 7.90. The van der Waals surface area contributed by atoms with E-state index in [9.17, 15) is 0 Å². The van der Waals surface area contributed by atoms with Gasteiger partial charge in [-0.2, -0.15) is 0 Å². The molecular weight excluding hydrogens is 272 g/mol. The highest BCUT2D eigenvalue weighted by Gasteiger charge is 2.29. The molecule has 20 heavy (non-hydrogen) atoms. The first kappa shape index (κ1) is 13.6. The second-order valence-corrected chi connectivity index (χ2v) is 6.19. The van der Waals surface area contributed by atoms with Crippen LogP contribution in [0.2, 0.25) is 0 Å². The molecule has 0 saturated carbocycles. The van der Waals surface area contributed by atoms with Crippen LogP contribution in [0, 0.1) is 5.41 Å². The van der Waals surface area contributed by atoms with Gasteiger partial charge in [0.15, 0.2) is 11.0 Å². The largest absolute Gasteiger partial charge is 0.381 e. The van der Waals surface area contributed by atoms with E-state index in [-0.39, 0.29) is 5.41 Å². The molecule has 0 spiro atoms. The zero-order valence-electron chi connectivity index (χ0n) is 11.7. The van der Waals surface area contributed by atoms with Crippen LogP contribution < -0.4 is 5.32 Å². The lowest BCUT2D eigenvalue weighted by Crippen LogP contribution is -2.27. The lowest BCUT2D eigenvalue weighted by molar-refractivity contribution is 0.164. The molecule has 1 unspecified atom stereocenters. The molecule has 0 radical (unpaired) electrons. The van der Waals surface area contributed by atoms with Crippen LogP contribution in [0.15, 0.2) is 23.6 Å². The highest BCUT2D eigenvalue weighted by Crippen LogP contribution is 2.29. The van der Waals surface area contributed by atoms with E-state index < -0.39 is 0 Å². The van der Waals surface area contributed by atoms with Crippen LogP contribution in [-0.4, -0.2) is 41.0 Å². The number of hydrogen-bond acceptors (Lipinski definition) is 6. The van der Waals surface area contributed by atoms with E-state index in [0.717, 1.165) is 48.1 Å². The number of rotatable bonds is 4. The Morgan fingerprint density at radius 3 is 3.10 bits per heavy atom. The van der Waals surface area contributed by atoms with Gasteiger partial charge >= 0.3 is 0 Å². The Hall–Kier alpha value is -1.40. The number of hydrogen-bond donors (Lipinski definition) is 1. The molecular formula is C14H18N4OS. The maximum Gasteiger partial charge on any atom is 0.187 e. The Bertz CT molecular complexity index is 613. The third kappa shape index (κ3) is 2.71. The van der Waals surface area contributed by atoms with Crippen LogP contribution in [-0.2, 0) is 4.74 Å². The first-order valence-electron chi connectivity index (χ1n) is 6.68. The summed E-state index contributed by atoms with van der Waals surface area (Å²) < 4.78 is 5.48. The average Bonchev–Trinajstić information content (AvgIpc) is 2.91. The van der Waals surface area contributed by atoms with Crippen LogP contribution in [0.5, 0.6) is 0 Å². The Kier molecular flexibility index (Phi) is 3.76. The first-order chi connectivity index (χ1) is 9.70. The van der Waals surface area contributed by atoms with Crippen LogP contribution >= 0.6 is 11.8 Å². The number of fused-ring (bicyclic) bond motifs is 1. The fourth-order valence-electron chi connectivity index (χ4n) is 2.31. The Balaban J connectivity index is 1.86. The van der Waals surface area contributed by atoms with E-state index in [1.54, 1.807) is 6.20 Å². The Morgan fingerprint density at radius 2 is 2.35 bits per heavy atom. The van der Waals surface area contributed by atoms with Crippen molar-refractivity contribution in [1.29, 1.82) is 0 Å². The molecule has 1 aliphatic heterocycles. The summed E-state index contributed by atoms with van der Waals surface area (Å²) in [4.78, 5) is 13.3. The van der Waals surface area contributed by atoms with Gasteiger partial charge in [-0.1, -0.05) is 18.7 Å². The summed E-state index contributed by atoms with van der Waals surface area (Å²) in [5.74, 6) is 0.827. The van der Waals surface area contributed by atoms with Crippen molar-refractivity contribution in [2.45, 2.75) is 18.5 Å². The van der Waals surface area contributed by atoms with Crippen molar-refractivity contribution >= 4 is 28.5 Å². The van der Waals surface area contributed by atoms with Crippen LogP contribution in [0.4, 0.5) is 5.82 Å². The van der Waals surface area contributed by atoms with E-state index in [2.05, 4.69) is 27.2 Å². The molecule has 0 aromatic carbocycles. The molecule has 1 fully saturated rings. The standard InChI is InChI=1S/C14H18N4OS/c1-14(4-6-19-9-14)8-17-12-11-10(3-5-15-12)7-16-13(18-11)20-2/h3,5,7H,4,6,8-9H2,1-2H3,(H,15,17). The molecule has 1 saturated heterocycles. The molecule has 1 N–H and O–H groups in total. The number of aromatic nitrogens is 3. The predicted molar refractivity (Wildman–Crippen MR) is 81.1 cm³/mol. The molecule has 1 atom stereocenters. The maximum atomic E-state index is 5.48.